The minimum atomic E-state index is -0.842. The first-order valence-corrected chi connectivity index (χ1v) is 10.6. The SMILES string of the molecule is COc1ccc([N+](=O)[O-])cc1NC(=S)NC(C(=O)Nc1ccc(Cl)cc1C)c1ccccc1. The maximum absolute atomic E-state index is 13.2. The molecule has 0 aliphatic rings. The number of amides is 1. The van der Waals surface area contributed by atoms with Gasteiger partial charge in [0, 0.05) is 22.8 Å². The van der Waals surface area contributed by atoms with E-state index in [1.807, 2.05) is 25.1 Å². The predicted molar refractivity (Wildman–Crippen MR) is 133 cm³/mol. The van der Waals surface area contributed by atoms with E-state index in [4.69, 9.17) is 28.6 Å². The number of nitrogens with zero attached hydrogens (tertiary/aromatic N) is 1. The maximum Gasteiger partial charge on any atom is 0.271 e. The van der Waals surface area contributed by atoms with Gasteiger partial charge in [0.05, 0.1) is 17.7 Å². The molecule has 3 aromatic carbocycles. The third kappa shape index (κ3) is 6.18. The minimum Gasteiger partial charge on any atom is -0.495 e. The molecule has 0 aromatic heterocycles. The summed E-state index contributed by atoms with van der Waals surface area (Å²) < 4.78 is 5.26. The second kappa shape index (κ2) is 10.8. The van der Waals surface area contributed by atoms with E-state index in [0.29, 0.717) is 27.7 Å². The zero-order chi connectivity index (χ0) is 24.0. The van der Waals surface area contributed by atoms with Crippen LogP contribution in [-0.2, 0) is 4.79 Å². The van der Waals surface area contributed by atoms with Crippen LogP contribution in [0, 0.1) is 17.0 Å². The van der Waals surface area contributed by atoms with Crippen LogP contribution >= 0.6 is 23.8 Å². The molecule has 3 N–H and O–H groups in total. The number of rotatable bonds is 7. The summed E-state index contributed by atoms with van der Waals surface area (Å²) in [4.78, 5) is 23.8. The zero-order valence-electron chi connectivity index (χ0n) is 17.8. The van der Waals surface area contributed by atoms with Crippen LogP contribution in [0.5, 0.6) is 5.75 Å². The van der Waals surface area contributed by atoms with Gasteiger partial charge in [-0.3, -0.25) is 14.9 Å². The summed E-state index contributed by atoms with van der Waals surface area (Å²) in [6.07, 6.45) is 0. The first-order chi connectivity index (χ1) is 15.8. The lowest BCUT2D eigenvalue weighted by Crippen LogP contribution is -2.39. The Balaban J connectivity index is 1.84. The number of non-ortho nitro benzene ring substituents is 1. The van der Waals surface area contributed by atoms with Gasteiger partial charge in [-0.2, -0.15) is 0 Å². The van der Waals surface area contributed by atoms with Crippen molar-refractivity contribution >= 4 is 51.9 Å². The Kier molecular flexibility index (Phi) is 7.81. The molecule has 1 unspecified atom stereocenters. The molecule has 0 fully saturated rings. The molecule has 0 aliphatic carbocycles. The van der Waals surface area contributed by atoms with Crippen molar-refractivity contribution in [2.24, 2.45) is 0 Å². The summed E-state index contributed by atoms with van der Waals surface area (Å²) >= 11 is 11.4. The van der Waals surface area contributed by atoms with Gasteiger partial charge in [0.1, 0.15) is 11.8 Å². The van der Waals surface area contributed by atoms with Crippen molar-refractivity contribution < 1.29 is 14.5 Å². The highest BCUT2D eigenvalue weighted by molar-refractivity contribution is 7.80. The maximum atomic E-state index is 13.2. The average Bonchev–Trinajstić information content (AvgIpc) is 2.79. The van der Waals surface area contributed by atoms with E-state index in [-0.39, 0.29) is 16.7 Å². The predicted octanol–water partition coefficient (Wildman–Crippen LogP) is 5.23. The number of halogens is 1. The highest BCUT2D eigenvalue weighted by atomic mass is 35.5. The summed E-state index contributed by atoms with van der Waals surface area (Å²) in [5, 5.41) is 20.6. The molecule has 0 bridgehead atoms. The molecule has 10 heteroatoms. The van der Waals surface area contributed by atoms with Crippen molar-refractivity contribution in [2.45, 2.75) is 13.0 Å². The van der Waals surface area contributed by atoms with Crippen LogP contribution in [0.4, 0.5) is 17.1 Å². The van der Waals surface area contributed by atoms with Crippen molar-refractivity contribution in [3.63, 3.8) is 0 Å². The van der Waals surface area contributed by atoms with Gasteiger partial charge in [0.15, 0.2) is 5.11 Å². The van der Waals surface area contributed by atoms with Crippen molar-refractivity contribution in [1.82, 2.24) is 5.32 Å². The molecule has 8 nitrogen and oxygen atoms in total. The number of hydrogen-bond acceptors (Lipinski definition) is 5. The first kappa shape index (κ1) is 24.0. The first-order valence-electron chi connectivity index (χ1n) is 9.80. The Morgan fingerprint density at radius 1 is 1.06 bits per heavy atom. The topological polar surface area (TPSA) is 106 Å². The summed E-state index contributed by atoms with van der Waals surface area (Å²) in [7, 11) is 1.44. The second-order valence-corrected chi connectivity index (χ2v) is 7.88. The van der Waals surface area contributed by atoms with E-state index in [1.165, 1.54) is 25.3 Å². The van der Waals surface area contributed by atoms with E-state index in [0.717, 1.165) is 5.56 Å². The van der Waals surface area contributed by atoms with Crippen molar-refractivity contribution in [3.8, 4) is 5.75 Å². The molecule has 0 saturated heterocycles. The number of aryl methyl sites for hydroxylation is 1. The number of hydrogen-bond donors (Lipinski definition) is 3. The lowest BCUT2D eigenvalue weighted by Gasteiger charge is -2.22. The largest absolute Gasteiger partial charge is 0.495 e. The van der Waals surface area contributed by atoms with Crippen LogP contribution in [0.15, 0.2) is 66.7 Å². The van der Waals surface area contributed by atoms with E-state index < -0.39 is 11.0 Å². The molecular weight excluding hydrogens is 464 g/mol. The van der Waals surface area contributed by atoms with Gasteiger partial charge in [-0.15, -0.1) is 0 Å². The molecule has 1 atom stereocenters. The van der Waals surface area contributed by atoms with Gasteiger partial charge >= 0.3 is 0 Å². The molecule has 0 spiro atoms. The van der Waals surface area contributed by atoms with E-state index in [9.17, 15) is 14.9 Å². The number of nitro groups is 1. The fraction of sp³-hybridized carbons (Fsp3) is 0.130. The van der Waals surface area contributed by atoms with Crippen molar-refractivity contribution in [3.05, 3.63) is 93.0 Å². The summed E-state index contributed by atoms with van der Waals surface area (Å²) in [5.74, 6) is 0.0176. The third-order valence-corrected chi connectivity index (χ3v) is 5.21. The molecule has 0 saturated carbocycles. The molecule has 170 valence electrons. The smallest absolute Gasteiger partial charge is 0.271 e. The van der Waals surface area contributed by atoms with E-state index >= 15 is 0 Å². The van der Waals surface area contributed by atoms with E-state index in [2.05, 4.69) is 16.0 Å². The van der Waals surface area contributed by atoms with Crippen LogP contribution in [0.3, 0.4) is 0 Å². The molecule has 3 rings (SSSR count). The second-order valence-electron chi connectivity index (χ2n) is 7.03. The number of methoxy groups -OCH3 is 1. The van der Waals surface area contributed by atoms with Gasteiger partial charge in [0.2, 0.25) is 0 Å². The summed E-state index contributed by atoms with van der Waals surface area (Å²) in [6.45, 7) is 1.84. The minimum absolute atomic E-state index is 0.0885. The number of thiocarbonyl (C=S) groups is 1. The third-order valence-electron chi connectivity index (χ3n) is 4.76. The molecule has 0 aliphatic heterocycles. The normalized spacial score (nSPS) is 11.2. The molecule has 33 heavy (non-hydrogen) atoms. The summed E-state index contributed by atoms with van der Waals surface area (Å²) in [6, 6.07) is 17.5. The molecule has 3 aromatic rings. The quantitative estimate of drug-likeness (QED) is 0.239. The average molecular weight is 485 g/mol. The number of nitro benzene ring substituents is 1. The standard InChI is InChI=1S/C23H21ClN4O4S/c1-14-12-16(24)8-10-18(14)25-22(29)21(15-6-4-3-5-7-15)27-23(33)26-19-13-17(28(30)31)9-11-20(19)32-2/h3-13,21H,1-2H3,(H,25,29)(H2,26,27,33). The molecule has 0 radical (unpaired) electrons. The van der Waals surface area contributed by atoms with Gasteiger partial charge < -0.3 is 20.7 Å². The Bertz CT molecular complexity index is 1190. The van der Waals surface area contributed by atoms with Gasteiger partial charge in [0.25, 0.3) is 11.6 Å². The highest BCUT2D eigenvalue weighted by Gasteiger charge is 2.23. The Morgan fingerprint density at radius 3 is 2.42 bits per heavy atom. The van der Waals surface area contributed by atoms with Crippen LogP contribution in [0.1, 0.15) is 17.2 Å². The number of benzene rings is 3. The van der Waals surface area contributed by atoms with Crippen molar-refractivity contribution in [1.29, 1.82) is 0 Å². The van der Waals surface area contributed by atoms with Gasteiger partial charge in [-0.05, 0) is 54.5 Å². The number of nitrogens with one attached hydrogen (secondary N) is 3. The Morgan fingerprint density at radius 2 is 1.79 bits per heavy atom. The monoisotopic (exact) mass is 484 g/mol. The van der Waals surface area contributed by atoms with E-state index in [1.54, 1.807) is 30.3 Å². The van der Waals surface area contributed by atoms with Gasteiger partial charge in [-0.25, -0.2) is 0 Å². The molecular formula is C23H21ClN4O4S. The fourth-order valence-electron chi connectivity index (χ4n) is 3.11. The number of ether oxygens (including phenoxy) is 1. The fourth-order valence-corrected chi connectivity index (χ4v) is 3.57. The molecule has 0 heterocycles. The highest BCUT2D eigenvalue weighted by Crippen LogP contribution is 2.29. The van der Waals surface area contributed by atoms with Crippen LogP contribution in [-0.4, -0.2) is 23.1 Å². The van der Waals surface area contributed by atoms with Crippen LogP contribution < -0.4 is 20.7 Å². The Labute approximate surface area is 201 Å². The van der Waals surface area contributed by atoms with Gasteiger partial charge in [-0.1, -0.05) is 41.9 Å². The van der Waals surface area contributed by atoms with Crippen LogP contribution in [0.25, 0.3) is 0 Å². The number of carbonyl (C=O) groups excluding carboxylic acids is 1. The lowest BCUT2D eigenvalue weighted by atomic mass is 10.1. The molecule has 1 amide bonds. The number of anilines is 2. The summed E-state index contributed by atoms with van der Waals surface area (Å²) in [5.41, 5.74) is 2.27. The number of carbonyl (C=O) groups is 1. The zero-order valence-corrected chi connectivity index (χ0v) is 19.4. The lowest BCUT2D eigenvalue weighted by molar-refractivity contribution is -0.384. The van der Waals surface area contributed by atoms with Crippen LogP contribution in [0.2, 0.25) is 5.02 Å². The Hall–Kier alpha value is -3.69. The van der Waals surface area contributed by atoms with Crippen molar-refractivity contribution in [2.75, 3.05) is 17.7 Å².